The fraction of sp³-hybridized carbons (Fsp3) is 0.100. The number of halogens is 1. The SMILES string of the molecule is CNc1scnc1C(=O)Nc1cccc(Cl)n1. The number of nitrogens with zero attached hydrogens (tertiary/aromatic N) is 2. The molecule has 0 saturated heterocycles. The number of carbonyl (C=O) groups is 1. The highest BCUT2D eigenvalue weighted by molar-refractivity contribution is 7.14. The fourth-order valence-corrected chi connectivity index (χ4v) is 2.04. The number of pyridine rings is 1. The second-order valence-corrected chi connectivity index (χ2v) is 4.32. The van der Waals surface area contributed by atoms with Crippen LogP contribution in [0.5, 0.6) is 0 Å². The van der Waals surface area contributed by atoms with E-state index in [1.165, 1.54) is 11.3 Å². The van der Waals surface area contributed by atoms with Crippen LogP contribution in [0, 0.1) is 0 Å². The van der Waals surface area contributed by atoms with Crippen molar-refractivity contribution in [2.24, 2.45) is 0 Å². The minimum absolute atomic E-state index is 0.314. The maximum absolute atomic E-state index is 11.9. The van der Waals surface area contributed by atoms with Crippen LogP contribution in [0.3, 0.4) is 0 Å². The third kappa shape index (κ3) is 2.72. The maximum Gasteiger partial charge on any atom is 0.278 e. The Balaban J connectivity index is 2.17. The van der Waals surface area contributed by atoms with Crippen molar-refractivity contribution in [3.05, 3.63) is 34.6 Å². The fourth-order valence-electron chi connectivity index (χ4n) is 1.24. The van der Waals surface area contributed by atoms with E-state index < -0.39 is 0 Å². The Hall–Kier alpha value is -1.66. The van der Waals surface area contributed by atoms with Gasteiger partial charge in [0.2, 0.25) is 0 Å². The molecule has 0 aliphatic rings. The number of rotatable bonds is 3. The average molecular weight is 269 g/mol. The van der Waals surface area contributed by atoms with Gasteiger partial charge in [0.05, 0.1) is 5.51 Å². The van der Waals surface area contributed by atoms with Crippen LogP contribution in [0.25, 0.3) is 0 Å². The lowest BCUT2D eigenvalue weighted by Gasteiger charge is -2.04. The number of hydrogen-bond acceptors (Lipinski definition) is 5. The molecule has 0 aliphatic carbocycles. The van der Waals surface area contributed by atoms with Gasteiger partial charge in [-0.15, -0.1) is 11.3 Å². The zero-order valence-corrected chi connectivity index (χ0v) is 10.5. The first-order valence-electron chi connectivity index (χ1n) is 4.76. The first-order valence-corrected chi connectivity index (χ1v) is 6.01. The molecular weight excluding hydrogens is 260 g/mol. The van der Waals surface area contributed by atoms with Gasteiger partial charge in [0.1, 0.15) is 16.0 Å². The van der Waals surface area contributed by atoms with Crippen LogP contribution in [-0.4, -0.2) is 22.9 Å². The molecule has 2 N–H and O–H groups in total. The van der Waals surface area contributed by atoms with E-state index >= 15 is 0 Å². The summed E-state index contributed by atoms with van der Waals surface area (Å²) in [6.45, 7) is 0. The Morgan fingerprint density at radius 1 is 1.47 bits per heavy atom. The minimum Gasteiger partial charge on any atom is -0.378 e. The van der Waals surface area contributed by atoms with Gasteiger partial charge >= 0.3 is 0 Å². The summed E-state index contributed by atoms with van der Waals surface area (Å²) in [4.78, 5) is 19.8. The number of thiazole rings is 1. The predicted octanol–water partition coefficient (Wildman–Crippen LogP) is 2.49. The number of aromatic nitrogens is 2. The predicted molar refractivity (Wildman–Crippen MR) is 68.9 cm³/mol. The van der Waals surface area contributed by atoms with E-state index in [4.69, 9.17) is 11.6 Å². The van der Waals surface area contributed by atoms with Gasteiger partial charge in [-0.25, -0.2) is 9.97 Å². The van der Waals surface area contributed by atoms with Gasteiger partial charge in [-0.3, -0.25) is 4.79 Å². The monoisotopic (exact) mass is 268 g/mol. The molecule has 5 nitrogen and oxygen atoms in total. The van der Waals surface area contributed by atoms with Crippen LogP contribution in [0.4, 0.5) is 10.8 Å². The second kappa shape index (κ2) is 5.11. The maximum atomic E-state index is 11.9. The lowest BCUT2D eigenvalue weighted by molar-refractivity contribution is 0.102. The van der Waals surface area contributed by atoms with E-state index in [1.807, 2.05) is 0 Å². The molecule has 17 heavy (non-hydrogen) atoms. The molecule has 0 fully saturated rings. The molecule has 2 heterocycles. The molecule has 0 spiro atoms. The standard InChI is InChI=1S/C10H9ClN4OS/c1-12-10-8(13-5-17-10)9(16)15-7-4-2-3-6(11)14-7/h2-5,12H,1H3,(H,14,15,16). The van der Waals surface area contributed by atoms with Crippen molar-refractivity contribution in [3.63, 3.8) is 0 Å². The molecule has 0 atom stereocenters. The Morgan fingerprint density at radius 2 is 2.29 bits per heavy atom. The smallest absolute Gasteiger partial charge is 0.278 e. The summed E-state index contributed by atoms with van der Waals surface area (Å²) in [6, 6.07) is 5.01. The molecule has 2 aromatic rings. The Morgan fingerprint density at radius 3 is 3.00 bits per heavy atom. The molecule has 1 amide bonds. The van der Waals surface area contributed by atoms with Crippen LogP contribution < -0.4 is 10.6 Å². The van der Waals surface area contributed by atoms with Gasteiger partial charge in [-0.05, 0) is 12.1 Å². The van der Waals surface area contributed by atoms with Crippen LogP contribution in [-0.2, 0) is 0 Å². The zero-order valence-electron chi connectivity index (χ0n) is 8.90. The van der Waals surface area contributed by atoms with Crippen LogP contribution in [0.2, 0.25) is 5.15 Å². The molecular formula is C10H9ClN4OS. The third-order valence-electron chi connectivity index (χ3n) is 1.97. The molecule has 0 radical (unpaired) electrons. The van der Waals surface area contributed by atoms with Crippen molar-refractivity contribution in [2.75, 3.05) is 17.7 Å². The van der Waals surface area contributed by atoms with Crippen molar-refractivity contribution in [2.45, 2.75) is 0 Å². The second-order valence-electron chi connectivity index (χ2n) is 3.08. The highest BCUT2D eigenvalue weighted by Crippen LogP contribution is 2.20. The van der Waals surface area contributed by atoms with Crippen molar-refractivity contribution < 1.29 is 4.79 Å². The molecule has 88 valence electrons. The van der Waals surface area contributed by atoms with Crippen molar-refractivity contribution >= 4 is 39.7 Å². The summed E-state index contributed by atoms with van der Waals surface area (Å²) in [5.74, 6) is 0.0860. The summed E-state index contributed by atoms with van der Waals surface area (Å²) in [5, 5.41) is 6.57. The van der Waals surface area contributed by atoms with Gasteiger partial charge in [0.15, 0.2) is 5.69 Å². The van der Waals surface area contributed by atoms with E-state index in [9.17, 15) is 4.79 Å². The highest BCUT2D eigenvalue weighted by atomic mass is 35.5. The quantitative estimate of drug-likeness (QED) is 0.840. The van der Waals surface area contributed by atoms with Gasteiger partial charge < -0.3 is 10.6 Å². The van der Waals surface area contributed by atoms with Gasteiger partial charge in [-0.1, -0.05) is 17.7 Å². The minimum atomic E-state index is -0.314. The summed E-state index contributed by atoms with van der Waals surface area (Å²) in [6.07, 6.45) is 0. The largest absolute Gasteiger partial charge is 0.378 e. The first kappa shape index (κ1) is 11.8. The van der Waals surface area contributed by atoms with Gasteiger partial charge in [0, 0.05) is 7.05 Å². The van der Waals surface area contributed by atoms with Gasteiger partial charge in [0.25, 0.3) is 5.91 Å². The number of hydrogen-bond donors (Lipinski definition) is 2. The Kier molecular flexibility index (Phi) is 3.55. The lowest BCUT2D eigenvalue weighted by Crippen LogP contribution is -2.14. The van der Waals surface area contributed by atoms with Crippen LogP contribution in [0.15, 0.2) is 23.7 Å². The molecule has 2 rings (SSSR count). The number of anilines is 2. The lowest BCUT2D eigenvalue weighted by atomic mass is 10.4. The van der Waals surface area contributed by atoms with Gasteiger partial charge in [-0.2, -0.15) is 0 Å². The number of nitrogens with one attached hydrogen (secondary N) is 2. The summed E-state index contributed by atoms with van der Waals surface area (Å²) in [5.41, 5.74) is 1.95. The summed E-state index contributed by atoms with van der Waals surface area (Å²) < 4.78 is 0. The Labute approximate surface area is 107 Å². The van der Waals surface area contributed by atoms with Crippen LogP contribution in [0.1, 0.15) is 10.5 Å². The normalized spacial score (nSPS) is 10.0. The third-order valence-corrected chi connectivity index (χ3v) is 3.02. The number of carbonyl (C=O) groups excluding carboxylic acids is 1. The van der Waals surface area contributed by atoms with Crippen molar-refractivity contribution in [1.82, 2.24) is 9.97 Å². The first-order chi connectivity index (χ1) is 8.20. The average Bonchev–Trinajstić information content (AvgIpc) is 2.77. The molecule has 0 saturated carbocycles. The molecule has 0 unspecified atom stereocenters. The van der Waals surface area contributed by atoms with Crippen molar-refractivity contribution in [1.29, 1.82) is 0 Å². The van der Waals surface area contributed by atoms with E-state index in [1.54, 1.807) is 30.8 Å². The van der Waals surface area contributed by atoms with E-state index in [0.29, 0.717) is 21.7 Å². The summed E-state index contributed by atoms with van der Waals surface area (Å²) in [7, 11) is 1.74. The Bertz CT molecular complexity index is 543. The molecule has 2 aromatic heterocycles. The van der Waals surface area contributed by atoms with E-state index in [2.05, 4.69) is 20.6 Å². The molecule has 0 aliphatic heterocycles. The number of amides is 1. The van der Waals surface area contributed by atoms with E-state index in [0.717, 1.165) is 0 Å². The van der Waals surface area contributed by atoms with E-state index in [-0.39, 0.29) is 5.91 Å². The van der Waals surface area contributed by atoms with Crippen LogP contribution >= 0.6 is 22.9 Å². The highest BCUT2D eigenvalue weighted by Gasteiger charge is 2.14. The molecule has 0 aromatic carbocycles. The zero-order chi connectivity index (χ0) is 12.3. The topological polar surface area (TPSA) is 66.9 Å². The molecule has 0 bridgehead atoms. The molecule has 7 heteroatoms. The van der Waals surface area contributed by atoms with Crippen molar-refractivity contribution in [3.8, 4) is 0 Å². The summed E-state index contributed by atoms with van der Waals surface area (Å²) >= 11 is 7.09.